The third-order valence-corrected chi connectivity index (χ3v) is 4.71. The lowest BCUT2D eigenvalue weighted by Gasteiger charge is -2.07. The van der Waals surface area contributed by atoms with E-state index in [4.69, 9.17) is 4.74 Å². The molecule has 0 aliphatic heterocycles. The van der Waals surface area contributed by atoms with Gasteiger partial charge >= 0.3 is 0 Å². The standard InChI is InChI=1S/C25H29NO/c1-3-5-21-9-15-24(26-19-21)14-8-20-6-10-22(11-7-20)23-12-16-25(17-13-23)27-18-4-2/h6-7,9-13,15-17,19H,3-5,8,14,18H2,1-2H3. The fraction of sp³-hybridized carbons (Fsp3) is 0.320. The summed E-state index contributed by atoms with van der Waals surface area (Å²) in [5, 5.41) is 0. The van der Waals surface area contributed by atoms with Crippen LogP contribution in [0.1, 0.15) is 43.5 Å². The zero-order chi connectivity index (χ0) is 18.9. The molecule has 0 radical (unpaired) electrons. The summed E-state index contributed by atoms with van der Waals surface area (Å²) >= 11 is 0. The first kappa shape index (κ1) is 19.2. The number of pyridine rings is 1. The van der Waals surface area contributed by atoms with Crippen LogP contribution >= 0.6 is 0 Å². The maximum Gasteiger partial charge on any atom is 0.119 e. The summed E-state index contributed by atoms with van der Waals surface area (Å²) in [6.45, 7) is 5.09. The molecule has 2 nitrogen and oxygen atoms in total. The van der Waals surface area contributed by atoms with Gasteiger partial charge < -0.3 is 4.74 Å². The highest BCUT2D eigenvalue weighted by Crippen LogP contribution is 2.23. The molecule has 0 amide bonds. The molecule has 0 spiro atoms. The SMILES string of the molecule is CCCOc1ccc(-c2ccc(CCc3ccc(CCC)cn3)cc2)cc1. The van der Waals surface area contributed by atoms with Gasteiger partial charge in [0.25, 0.3) is 0 Å². The van der Waals surface area contributed by atoms with E-state index in [1.54, 1.807) is 0 Å². The average molecular weight is 360 g/mol. The van der Waals surface area contributed by atoms with Crippen molar-refractivity contribution in [1.29, 1.82) is 0 Å². The summed E-state index contributed by atoms with van der Waals surface area (Å²) < 4.78 is 5.65. The monoisotopic (exact) mass is 359 g/mol. The van der Waals surface area contributed by atoms with Crippen molar-refractivity contribution in [3.05, 3.63) is 83.7 Å². The fourth-order valence-electron chi connectivity index (χ4n) is 3.14. The van der Waals surface area contributed by atoms with E-state index in [0.717, 1.165) is 38.0 Å². The van der Waals surface area contributed by atoms with Crippen LogP contribution in [0.15, 0.2) is 66.9 Å². The van der Waals surface area contributed by atoms with Crippen LogP contribution in [-0.4, -0.2) is 11.6 Å². The normalized spacial score (nSPS) is 10.7. The molecule has 0 N–H and O–H groups in total. The van der Waals surface area contributed by atoms with E-state index in [-0.39, 0.29) is 0 Å². The molecule has 2 heteroatoms. The first-order valence-corrected chi connectivity index (χ1v) is 10.0. The van der Waals surface area contributed by atoms with Crippen LogP contribution in [0.2, 0.25) is 0 Å². The molecule has 3 rings (SSSR count). The summed E-state index contributed by atoms with van der Waals surface area (Å²) in [7, 11) is 0. The molecular formula is C25H29NO. The topological polar surface area (TPSA) is 22.1 Å². The number of nitrogens with zero attached hydrogens (tertiary/aromatic N) is 1. The number of hydrogen-bond donors (Lipinski definition) is 0. The van der Waals surface area contributed by atoms with E-state index in [9.17, 15) is 0 Å². The third-order valence-electron chi connectivity index (χ3n) is 4.71. The highest BCUT2D eigenvalue weighted by atomic mass is 16.5. The highest BCUT2D eigenvalue weighted by Gasteiger charge is 2.02. The zero-order valence-electron chi connectivity index (χ0n) is 16.4. The van der Waals surface area contributed by atoms with Gasteiger partial charge in [0, 0.05) is 11.9 Å². The molecule has 0 fully saturated rings. The summed E-state index contributed by atoms with van der Waals surface area (Å²) in [6.07, 6.45) is 7.33. The van der Waals surface area contributed by atoms with E-state index in [1.807, 2.05) is 18.3 Å². The quantitative estimate of drug-likeness (QED) is 0.449. The van der Waals surface area contributed by atoms with Gasteiger partial charge in [0.2, 0.25) is 0 Å². The van der Waals surface area contributed by atoms with E-state index in [2.05, 4.69) is 67.4 Å². The number of rotatable bonds is 9. The Morgan fingerprint density at radius 2 is 1.33 bits per heavy atom. The molecule has 27 heavy (non-hydrogen) atoms. The van der Waals surface area contributed by atoms with E-state index in [1.165, 1.54) is 34.4 Å². The minimum absolute atomic E-state index is 0.768. The number of aryl methyl sites for hydroxylation is 3. The Balaban J connectivity index is 1.56. The van der Waals surface area contributed by atoms with Crippen LogP contribution < -0.4 is 4.74 Å². The van der Waals surface area contributed by atoms with Gasteiger partial charge in [-0.25, -0.2) is 0 Å². The van der Waals surface area contributed by atoms with Crippen molar-refractivity contribution in [2.45, 2.75) is 46.0 Å². The van der Waals surface area contributed by atoms with Gasteiger partial charge in [0.1, 0.15) is 5.75 Å². The van der Waals surface area contributed by atoms with Crippen LogP contribution in [0, 0.1) is 0 Å². The average Bonchev–Trinajstić information content (AvgIpc) is 2.73. The Morgan fingerprint density at radius 1 is 0.667 bits per heavy atom. The Kier molecular flexibility index (Phi) is 7.04. The van der Waals surface area contributed by atoms with E-state index in [0.29, 0.717) is 0 Å². The molecule has 140 valence electrons. The molecule has 0 aliphatic carbocycles. The molecule has 0 aliphatic rings. The molecular weight excluding hydrogens is 330 g/mol. The van der Waals surface area contributed by atoms with Crippen LogP contribution in [0.25, 0.3) is 11.1 Å². The van der Waals surface area contributed by atoms with Gasteiger partial charge in [0.15, 0.2) is 0 Å². The molecule has 0 saturated carbocycles. The summed E-state index contributed by atoms with van der Waals surface area (Å²) in [5.74, 6) is 0.940. The second-order valence-electron chi connectivity index (χ2n) is 6.98. The smallest absolute Gasteiger partial charge is 0.119 e. The molecule has 1 heterocycles. The lowest BCUT2D eigenvalue weighted by Crippen LogP contribution is -1.96. The first-order chi connectivity index (χ1) is 13.3. The predicted octanol–water partition coefficient (Wildman–Crippen LogP) is 6.28. The second-order valence-corrected chi connectivity index (χ2v) is 6.98. The van der Waals surface area contributed by atoms with Crippen molar-refractivity contribution in [2.75, 3.05) is 6.61 Å². The van der Waals surface area contributed by atoms with Gasteiger partial charge in [-0.3, -0.25) is 4.98 Å². The van der Waals surface area contributed by atoms with Gasteiger partial charge in [-0.2, -0.15) is 0 Å². The maximum absolute atomic E-state index is 5.65. The maximum atomic E-state index is 5.65. The molecule has 0 saturated heterocycles. The molecule has 0 bridgehead atoms. The van der Waals surface area contributed by atoms with Crippen molar-refractivity contribution in [3.8, 4) is 16.9 Å². The summed E-state index contributed by atoms with van der Waals surface area (Å²) in [4.78, 5) is 4.60. The lowest BCUT2D eigenvalue weighted by atomic mass is 10.0. The lowest BCUT2D eigenvalue weighted by molar-refractivity contribution is 0.317. The van der Waals surface area contributed by atoms with Gasteiger partial charge in [0.05, 0.1) is 6.61 Å². The predicted molar refractivity (Wildman–Crippen MR) is 113 cm³/mol. The second kappa shape index (κ2) is 9.91. The molecule has 3 aromatic rings. The van der Waals surface area contributed by atoms with Gasteiger partial charge in [-0.1, -0.05) is 62.7 Å². The summed E-state index contributed by atoms with van der Waals surface area (Å²) in [6, 6.07) is 21.6. The number of ether oxygens (including phenoxy) is 1. The third kappa shape index (κ3) is 5.68. The molecule has 2 aromatic carbocycles. The van der Waals surface area contributed by atoms with Crippen LogP contribution in [0.5, 0.6) is 5.75 Å². The largest absolute Gasteiger partial charge is 0.494 e. The van der Waals surface area contributed by atoms with E-state index < -0.39 is 0 Å². The Hall–Kier alpha value is -2.61. The van der Waals surface area contributed by atoms with Crippen molar-refractivity contribution < 1.29 is 4.74 Å². The Labute approximate surface area is 163 Å². The van der Waals surface area contributed by atoms with Crippen molar-refractivity contribution in [3.63, 3.8) is 0 Å². The van der Waals surface area contributed by atoms with Gasteiger partial charge in [-0.15, -0.1) is 0 Å². The molecule has 0 unspecified atom stereocenters. The first-order valence-electron chi connectivity index (χ1n) is 10.0. The fourth-order valence-corrected chi connectivity index (χ4v) is 3.14. The van der Waals surface area contributed by atoms with Crippen LogP contribution in [-0.2, 0) is 19.3 Å². The zero-order valence-corrected chi connectivity index (χ0v) is 16.4. The highest BCUT2D eigenvalue weighted by molar-refractivity contribution is 5.64. The van der Waals surface area contributed by atoms with Crippen LogP contribution in [0.3, 0.4) is 0 Å². The molecule has 0 atom stereocenters. The van der Waals surface area contributed by atoms with Crippen molar-refractivity contribution in [1.82, 2.24) is 4.98 Å². The number of aromatic nitrogens is 1. The van der Waals surface area contributed by atoms with Crippen molar-refractivity contribution in [2.24, 2.45) is 0 Å². The minimum atomic E-state index is 0.768. The van der Waals surface area contributed by atoms with Crippen LogP contribution in [0.4, 0.5) is 0 Å². The Bertz CT molecular complexity index is 804. The number of benzene rings is 2. The van der Waals surface area contributed by atoms with E-state index >= 15 is 0 Å². The van der Waals surface area contributed by atoms with Crippen molar-refractivity contribution >= 4 is 0 Å². The molecule has 1 aromatic heterocycles. The number of hydrogen-bond acceptors (Lipinski definition) is 2. The summed E-state index contributed by atoms with van der Waals surface area (Å²) in [5.41, 5.74) is 6.31. The minimum Gasteiger partial charge on any atom is -0.494 e. The van der Waals surface area contributed by atoms with Gasteiger partial charge in [-0.05, 0) is 66.1 Å². The Morgan fingerprint density at radius 3 is 1.93 bits per heavy atom.